The first-order valence-corrected chi connectivity index (χ1v) is 8.65. The average molecular weight is 405 g/mol. The molecule has 2 N–H and O–H groups in total. The average Bonchev–Trinajstić information content (AvgIpc) is 2.63. The van der Waals surface area contributed by atoms with E-state index in [0.29, 0.717) is 5.52 Å². The minimum Gasteiger partial charge on any atom is -0.334 e. The summed E-state index contributed by atoms with van der Waals surface area (Å²) in [6, 6.07) is 11.5. The molecular weight excluding hydrogens is 391 g/mol. The quantitative estimate of drug-likeness (QED) is 0.698. The molecule has 0 saturated carbocycles. The number of benzene rings is 2. The Balaban J connectivity index is 1.66. The molecule has 0 fully saturated rings. The third kappa shape index (κ3) is 4.64. The van der Waals surface area contributed by atoms with Crippen molar-refractivity contribution in [2.75, 3.05) is 0 Å². The van der Waals surface area contributed by atoms with E-state index in [-0.39, 0.29) is 28.5 Å². The summed E-state index contributed by atoms with van der Waals surface area (Å²) in [5.41, 5.74) is 0.705. The normalized spacial score (nSPS) is 10.6. The number of carbonyl (C=O) groups excluding carboxylic acids is 2. The molecule has 0 bridgehead atoms. The number of nitrogens with zero attached hydrogens (tertiary/aromatic N) is 2. The van der Waals surface area contributed by atoms with Crippen LogP contribution in [0.2, 0.25) is 10.0 Å². The predicted octanol–water partition coefficient (Wildman–Crippen LogP) is 2.73. The molecule has 7 nitrogen and oxygen atoms in total. The molecule has 27 heavy (non-hydrogen) atoms. The van der Waals surface area contributed by atoms with Gasteiger partial charge >= 0.3 is 6.03 Å². The fourth-order valence-electron chi connectivity index (χ4n) is 2.45. The van der Waals surface area contributed by atoms with Crippen molar-refractivity contribution >= 4 is 46.0 Å². The van der Waals surface area contributed by atoms with Gasteiger partial charge in [0.2, 0.25) is 5.91 Å². The molecular formula is C18H14Cl2N4O3. The molecule has 138 valence electrons. The van der Waals surface area contributed by atoms with Gasteiger partial charge in [0, 0.05) is 11.6 Å². The van der Waals surface area contributed by atoms with Crippen molar-refractivity contribution < 1.29 is 9.59 Å². The van der Waals surface area contributed by atoms with Crippen LogP contribution in [0.5, 0.6) is 0 Å². The Bertz CT molecular complexity index is 1070. The Morgan fingerprint density at radius 1 is 1.11 bits per heavy atom. The number of rotatable bonds is 4. The van der Waals surface area contributed by atoms with Gasteiger partial charge < -0.3 is 5.32 Å². The lowest BCUT2D eigenvalue weighted by Gasteiger charge is -2.09. The molecule has 3 aromatic rings. The maximum absolute atomic E-state index is 12.5. The van der Waals surface area contributed by atoms with Crippen LogP contribution in [0.15, 0.2) is 53.6 Å². The summed E-state index contributed by atoms with van der Waals surface area (Å²) in [6.07, 6.45) is 1.20. The van der Waals surface area contributed by atoms with Gasteiger partial charge in [-0.25, -0.2) is 9.78 Å². The van der Waals surface area contributed by atoms with Gasteiger partial charge in [0.25, 0.3) is 5.56 Å². The molecule has 0 unspecified atom stereocenters. The maximum atomic E-state index is 12.5. The van der Waals surface area contributed by atoms with Gasteiger partial charge in [0.05, 0.1) is 22.3 Å². The molecule has 3 amide bonds. The van der Waals surface area contributed by atoms with Crippen LogP contribution in [-0.2, 0) is 17.9 Å². The van der Waals surface area contributed by atoms with Gasteiger partial charge in [0.1, 0.15) is 6.54 Å². The van der Waals surface area contributed by atoms with Crippen molar-refractivity contribution in [1.29, 1.82) is 0 Å². The molecule has 9 heteroatoms. The summed E-state index contributed by atoms with van der Waals surface area (Å²) in [4.78, 5) is 40.4. The molecule has 3 rings (SSSR count). The van der Waals surface area contributed by atoms with Crippen molar-refractivity contribution in [3.63, 3.8) is 0 Å². The monoisotopic (exact) mass is 404 g/mol. The Hall–Kier alpha value is -2.90. The first-order valence-electron chi connectivity index (χ1n) is 7.90. The van der Waals surface area contributed by atoms with Crippen LogP contribution in [0.3, 0.4) is 0 Å². The maximum Gasteiger partial charge on any atom is 0.321 e. The van der Waals surface area contributed by atoms with E-state index in [9.17, 15) is 14.4 Å². The number of hydrogen-bond donors (Lipinski definition) is 2. The van der Waals surface area contributed by atoms with Gasteiger partial charge in [0.15, 0.2) is 0 Å². The van der Waals surface area contributed by atoms with Crippen LogP contribution in [0, 0.1) is 0 Å². The molecule has 0 aliphatic rings. The van der Waals surface area contributed by atoms with E-state index in [2.05, 4.69) is 15.6 Å². The number of hydrogen-bond acceptors (Lipinski definition) is 4. The Labute approximate surface area is 163 Å². The second-order valence-electron chi connectivity index (χ2n) is 5.68. The van der Waals surface area contributed by atoms with Crippen LogP contribution >= 0.6 is 23.2 Å². The standard InChI is InChI=1S/C18H14Cl2N4O3/c19-12-6-13-16(14(20)7-12)22-10-24(17(13)26)9-15(25)23-18(27)21-8-11-4-2-1-3-5-11/h1-7,10H,8-9H2,(H2,21,23,25,27). The first-order chi connectivity index (χ1) is 12.9. The van der Waals surface area contributed by atoms with E-state index in [1.54, 1.807) is 0 Å². The van der Waals surface area contributed by atoms with E-state index in [4.69, 9.17) is 23.2 Å². The highest BCUT2D eigenvalue weighted by molar-refractivity contribution is 6.38. The number of aromatic nitrogens is 2. The van der Waals surface area contributed by atoms with Crippen molar-refractivity contribution in [2.24, 2.45) is 0 Å². The van der Waals surface area contributed by atoms with Gasteiger partial charge in [-0.3, -0.25) is 19.5 Å². The largest absolute Gasteiger partial charge is 0.334 e. The minimum absolute atomic E-state index is 0.191. The number of nitrogens with one attached hydrogen (secondary N) is 2. The Morgan fingerprint density at radius 2 is 1.85 bits per heavy atom. The van der Waals surface area contributed by atoms with Gasteiger partial charge in [-0.1, -0.05) is 53.5 Å². The summed E-state index contributed by atoms with van der Waals surface area (Å²) in [7, 11) is 0. The highest BCUT2D eigenvalue weighted by Gasteiger charge is 2.13. The van der Waals surface area contributed by atoms with Gasteiger partial charge in [-0.05, 0) is 17.7 Å². The van der Waals surface area contributed by atoms with Crippen molar-refractivity contribution in [2.45, 2.75) is 13.1 Å². The summed E-state index contributed by atoms with van der Waals surface area (Å²) in [5.74, 6) is -0.656. The zero-order valence-electron chi connectivity index (χ0n) is 13.9. The third-order valence-corrected chi connectivity index (χ3v) is 4.21. The van der Waals surface area contributed by atoms with Crippen LogP contribution in [0.4, 0.5) is 4.79 Å². The molecule has 2 aromatic carbocycles. The second-order valence-corrected chi connectivity index (χ2v) is 6.52. The minimum atomic E-state index is -0.656. The topological polar surface area (TPSA) is 93.1 Å². The summed E-state index contributed by atoms with van der Waals surface area (Å²) in [6.45, 7) is -0.0981. The second kappa shape index (κ2) is 8.20. The van der Waals surface area contributed by atoms with Crippen molar-refractivity contribution in [3.05, 3.63) is 74.8 Å². The molecule has 1 aromatic heterocycles. The van der Waals surface area contributed by atoms with E-state index in [1.807, 2.05) is 30.3 Å². The van der Waals surface area contributed by atoms with E-state index in [1.165, 1.54) is 18.5 Å². The lowest BCUT2D eigenvalue weighted by Crippen LogP contribution is -2.41. The molecule has 0 spiro atoms. The number of urea groups is 1. The molecule has 0 saturated heterocycles. The van der Waals surface area contributed by atoms with E-state index >= 15 is 0 Å². The van der Waals surface area contributed by atoms with E-state index in [0.717, 1.165) is 10.1 Å². The number of fused-ring (bicyclic) bond motifs is 1. The van der Waals surface area contributed by atoms with Crippen LogP contribution in [0.25, 0.3) is 10.9 Å². The van der Waals surface area contributed by atoms with Gasteiger partial charge in [-0.2, -0.15) is 0 Å². The zero-order chi connectivity index (χ0) is 19.4. The predicted molar refractivity (Wildman–Crippen MR) is 103 cm³/mol. The lowest BCUT2D eigenvalue weighted by atomic mass is 10.2. The van der Waals surface area contributed by atoms with Crippen LogP contribution in [-0.4, -0.2) is 21.5 Å². The smallest absolute Gasteiger partial charge is 0.321 e. The summed E-state index contributed by atoms with van der Waals surface area (Å²) >= 11 is 11.9. The third-order valence-electron chi connectivity index (χ3n) is 3.71. The van der Waals surface area contributed by atoms with Crippen molar-refractivity contribution in [3.8, 4) is 0 Å². The Kier molecular flexibility index (Phi) is 5.73. The number of halogens is 2. The van der Waals surface area contributed by atoms with Gasteiger partial charge in [-0.15, -0.1) is 0 Å². The molecule has 0 atom stereocenters. The molecule has 0 aliphatic carbocycles. The highest BCUT2D eigenvalue weighted by atomic mass is 35.5. The van der Waals surface area contributed by atoms with Crippen molar-refractivity contribution in [1.82, 2.24) is 20.2 Å². The molecule has 0 aliphatic heterocycles. The zero-order valence-corrected chi connectivity index (χ0v) is 15.4. The summed E-state index contributed by atoms with van der Waals surface area (Å²) in [5, 5.41) is 5.45. The Morgan fingerprint density at radius 3 is 2.59 bits per heavy atom. The van der Waals surface area contributed by atoms with Crippen LogP contribution in [0.1, 0.15) is 5.56 Å². The SMILES string of the molecule is O=C(Cn1cnc2c(Cl)cc(Cl)cc2c1=O)NC(=O)NCc1ccccc1. The fourth-order valence-corrected chi connectivity index (χ4v) is 2.99. The lowest BCUT2D eigenvalue weighted by molar-refractivity contribution is -0.120. The first kappa shape index (κ1) is 18.9. The van der Waals surface area contributed by atoms with Crippen LogP contribution < -0.4 is 16.2 Å². The highest BCUT2D eigenvalue weighted by Crippen LogP contribution is 2.23. The number of carbonyl (C=O) groups is 2. The fraction of sp³-hybridized carbons (Fsp3) is 0.111. The summed E-state index contributed by atoms with van der Waals surface area (Å²) < 4.78 is 1.08. The molecule has 0 radical (unpaired) electrons. The number of amides is 3. The van der Waals surface area contributed by atoms with E-state index < -0.39 is 17.5 Å². The number of imide groups is 1. The molecule has 1 heterocycles.